The number of carbonyl (C=O) groups is 2. The third kappa shape index (κ3) is 1.54. The highest BCUT2D eigenvalue weighted by Gasteiger charge is 2.39. The predicted molar refractivity (Wildman–Crippen MR) is 34.1 cm³/mol. The number of hydrogen-bond donors (Lipinski definition) is 3. The molecule has 1 aliphatic rings. The second kappa shape index (κ2) is 3.08. The average Bonchev–Trinajstić information content (AvgIpc) is 1.99. The van der Waals surface area contributed by atoms with Crippen molar-refractivity contribution in [3.8, 4) is 0 Å². The highest BCUT2D eigenvalue weighted by Crippen LogP contribution is 2.15. The van der Waals surface area contributed by atoms with Gasteiger partial charge in [-0.05, 0) is 0 Å². The van der Waals surface area contributed by atoms with Gasteiger partial charge in [0.15, 0.2) is 6.10 Å². The fourth-order valence-corrected chi connectivity index (χ4v) is 0.915. The zero-order valence-corrected chi connectivity index (χ0v) is 6.01. The van der Waals surface area contributed by atoms with Gasteiger partial charge < -0.3 is 20.1 Å². The molecular formula is C6H8O6. The summed E-state index contributed by atoms with van der Waals surface area (Å²) in [5, 5.41) is 26.2. The number of esters is 1. The Morgan fingerprint density at radius 3 is 2.50 bits per heavy atom. The van der Waals surface area contributed by atoms with Gasteiger partial charge in [-0.3, -0.25) is 0 Å². The van der Waals surface area contributed by atoms with Crippen molar-refractivity contribution in [1.82, 2.24) is 0 Å². The van der Waals surface area contributed by atoms with E-state index < -0.39 is 30.3 Å². The lowest BCUT2D eigenvalue weighted by Gasteiger charge is -2.26. The van der Waals surface area contributed by atoms with Crippen LogP contribution in [0.25, 0.3) is 0 Å². The molecule has 1 rings (SSSR count). The van der Waals surface area contributed by atoms with E-state index in [0.29, 0.717) is 0 Å². The zero-order chi connectivity index (χ0) is 9.30. The third-order valence-electron chi connectivity index (χ3n) is 1.60. The maximum atomic E-state index is 10.6. The van der Waals surface area contributed by atoms with Gasteiger partial charge in [0.25, 0.3) is 0 Å². The van der Waals surface area contributed by atoms with Gasteiger partial charge in [0, 0.05) is 6.42 Å². The van der Waals surface area contributed by atoms with E-state index in [1.807, 2.05) is 0 Å². The minimum Gasteiger partial charge on any atom is -0.479 e. The molecule has 0 aromatic rings. The number of carboxylic acids is 1. The van der Waals surface area contributed by atoms with Crippen LogP contribution in [0, 0.1) is 0 Å². The minimum atomic E-state index is -1.62. The number of aliphatic carboxylic acids is 1. The van der Waals surface area contributed by atoms with E-state index in [0.717, 1.165) is 0 Å². The molecular weight excluding hydrogens is 168 g/mol. The fourth-order valence-electron chi connectivity index (χ4n) is 0.915. The number of aliphatic hydroxyl groups is 2. The lowest BCUT2D eigenvalue weighted by atomic mass is 10.0. The Kier molecular flexibility index (Phi) is 2.30. The molecule has 68 valence electrons. The predicted octanol–water partition coefficient (Wildman–Crippen LogP) is -1.89. The lowest BCUT2D eigenvalue weighted by Crippen LogP contribution is -2.47. The molecule has 0 radical (unpaired) electrons. The van der Waals surface area contributed by atoms with Gasteiger partial charge in [-0.2, -0.15) is 0 Å². The molecule has 0 aliphatic carbocycles. The third-order valence-corrected chi connectivity index (χ3v) is 1.60. The molecule has 0 aromatic carbocycles. The Morgan fingerprint density at radius 1 is 1.50 bits per heavy atom. The molecule has 1 aliphatic heterocycles. The first-order valence-electron chi connectivity index (χ1n) is 3.32. The topological polar surface area (TPSA) is 104 Å². The molecule has 1 heterocycles. The summed E-state index contributed by atoms with van der Waals surface area (Å²) in [5.74, 6) is -2.42. The first-order valence-corrected chi connectivity index (χ1v) is 3.32. The Hall–Kier alpha value is -1.14. The highest BCUT2D eigenvalue weighted by molar-refractivity contribution is 5.82. The van der Waals surface area contributed by atoms with E-state index in [1.165, 1.54) is 0 Å². The first-order chi connectivity index (χ1) is 5.52. The van der Waals surface area contributed by atoms with Crippen LogP contribution >= 0.6 is 0 Å². The van der Waals surface area contributed by atoms with Crippen LogP contribution in [0.1, 0.15) is 6.42 Å². The number of carbonyl (C=O) groups excluding carboxylic acids is 1. The van der Waals surface area contributed by atoms with Crippen LogP contribution in [-0.4, -0.2) is 45.6 Å². The fraction of sp³-hybridized carbons (Fsp3) is 0.667. The largest absolute Gasteiger partial charge is 0.479 e. The van der Waals surface area contributed by atoms with Gasteiger partial charge in [0.1, 0.15) is 0 Å². The summed E-state index contributed by atoms with van der Waals surface area (Å²) in [4.78, 5) is 20.9. The number of carboxylic acid groups (broad SMARTS) is 1. The van der Waals surface area contributed by atoms with Gasteiger partial charge in [-0.25, -0.2) is 9.59 Å². The summed E-state index contributed by atoms with van der Waals surface area (Å²) in [6, 6.07) is 0. The van der Waals surface area contributed by atoms with Crippen LogP contribution < -0.4 is 0 Å². The summed E-state index contributed by atoms with van der Waals surface area (Å²) in [7, 11) is 0. The molecule has 1 saturated heterocycles. The molecule has 0 saturated carbocycles. The number of ether oxygens (including phenoxy) is 1. The van der Waals surface area contributed by atoms with Crippen molar-refractivity contribution in [2.24, 2.45) is 0 Å². The van der Waals surface area contributed by atoms with Crippen LogP contribution in [0.2, 0.25) is 0 Å². The van der Waals surface area contributed by atoms with Gasteiger partial charge in [-0.1, -0.05) is 0 Å². The van der Waals surface area contributed by atoms with E-state index in [4.69, 9.17) is 15.3 Å². The molecule has 0 unspecified atom stereocenters. The van der Waals surface area contributed by atoms with Crippen LogP contribution in [0.15, 0.2) is 0 Å². The summed E-state index contributed by atoms with van der Waals surface area (Å²) in [6.07, 6.45) is -4.61. The highest BCUT2D eigenvalue weighted by atomic mass is 16.6. The normalized spacial score (nSPS) is 35.8. The van der Waals surface area contributed by atoms with Gasteiger partial charge in [0.05, 0.1) is 6.10 Å². The van der Waals surface area contributed by atoms with E-state index in [9.17, 15) is 9.59 Å². The number of rotatable bonds is 1. The van der Waals surface area contributed by atoms with Gasteiger partial charge in [0.2, 0.25) is 6.10 Å². The average molecular weight is 176 g/mol. The molecule has 0 amide bonds. The molecule has 1 fully saturated rings. The summed E-state index contributed by atoms with van der Waals surface area (Å²) >= 11 is 0. The molecule has 6 heteroatoms. The maximum absolute atomic E-state index is 10.6. The zero-order valence-electron chi connectivity index (χ0n) is 6.01. The lowest BCUT2D eigenvalue weighted by molar-refractivity contribution is -0.187. The minimum absolute atomic E-state index is 0.276. The molecule has 0 spiro atoms. The molecule has 0 bridgehead atoms. The Labute approximate surface area is 67.4 Å². The second-order valence-electron chi connectivity index (χ2n) is 2.51. The van der Waals surface area contributed by atoms with Crippen LogP contribution in [0.4, 0.5) is 0 Å². The maximum Gasteiger partial charge on any atom is 0.345 e. The first kappa shape index (κ1) is 8.95. The van der Waals surface area contributed by atoms with Crippen LogP contribution in [-0.2, 0) is 14.3 Å². The molecule has 0 aromatic heterocycles. The molecule has 12 heavy (non-hydrogen) atoms. The van der Waals surface area contributed by atoms with E-state index in [1.54, 1.807) is 0 Å². The monoisotopic (exact) mass is 176 g/mol. The van der Waals surface area contributed by atoms with Crippen molar-refractivity contribution in [1.29, 1.82) is 0 Å². The summed E-state index contributed by atoms with van der Waals surface area (Å²) in [6.45, 7) is 0. The number of aliphatic hydroxyl groups excluding tert-OH is 2. The van der Waals surface area contributed by atoms with Crippen molar-refractivity contribution in [3.05, 3.63) is 0 Å². The van der Waals surface area contributed by atoms with Crippen LogP contribution in [0.5, 0.6) is 0 Å². The molecule has 6 nitrogen and oxygen atoms in total. The smallest absolute Gasteiger partial charge is 0.345 e. The van der Waals surface area contributed by atoms with E-state index in [-0.39, 0.29) is 6.42 Å². The van der Waals surface area contributed by atoms with Crippen molar-refractivity contribution < 1.29 is 29.6 Å². The van der Waals surface area contributed by atoms with Crippen molar-refractivity contribution in [2.75, 3.05) is 0 Å². The summed E-state index contributed by atoms with van der Waals surface area (Å²) in [5.41, 5.74) is 0. The second-order valence-corrected chi connectivity index (χ2v) is 2.51. The summed E-state index contributed by atoms with van der Waals surface area (Å²) < 4.78 is 4.28. The SMILES string of the molecule is O=C(O)[C@@H]1C[C@H](O)[C@@H](O)C(=O)O1. The van der Waals surface area contributed by atoms with E-state index >= 15 is 0 Å². The van der Waals surface area contributed by atoms with E-state index in [2.05, 4.69) is 4.74 Å². The van der Waals surface area contributed by atoms with Crippen molar-refractivity contribution in [2.45, 2.75) is 24.7 Å². The quantitative estimate of drug-likeness (QED) is 0.403. The van der Waals surface area contributed by atoms with Gasteiger partial charge in [-0.15, -0.1) is 0 Å². The van der Waals surface area contributed by atoms with Crippen LogP contribution in [0.3, 0.4) is 0 Å². The van der Waals surface area contributed by atoms with Crippen molar-refractivity contribution >= 4 is 11.9 Å². The Morgan fingerprint density at radius 2 is 2.08 bits per heavy atom. The molecule has 3 N–H and O–H groups in total. The Bertz CT molecular complexity index is 212. The number of hydrogen-bond acceptors (Lipinski definition) is 5. The Balaban J connectivity index is 2.66. The standard InChI is InChI=1S/C6H8O6/c7-2-1-3(5(9)10)12-6(11)4(2)8/h2-4,7-8H,1H2,(H,9,10)/t2-,3-,4+/m0/s1. The number of cyclic esters (lactones) is 1. The van der Waals surface area contributed by atoms with Gasteiger partial charge >= 0.3 is 11.9 Å². The molecule has 3 atom stereocenters. The van der Waals surface area contributed by atoms with Crippen molar-refractivity contribution in [3.63, 3.8) is 0 Å².